The van der Waals surface area contributed by atoms with Crippen molar-refractivity contribution < 1.29 is 9.63 Å². The molecule has 2 amide bonds. The number of amides is 2. The van der Waals surface area contributed by atoms with Crippen molar-refractivity contribution in [3.8, 4) is 17.3 Å². The lowest BCUT2D eigenvalue weighted by Crippen LogP contribution is -2.33. The van der Waals surface area contributed by atoms with Gasteiger partial charge in [0, 0.05) is 17.7 Å². The largest absolute Gasteiger partial charge is 0.346 e. The van der Waals surface area contributed by atoms with Gasteiger partial charge in [0.15, 0.2) is 11.3 Å². The Labute approximate surface area is 184 Å². The highest BCUT2D eigenvalue weighted by atomic mass is 16.7. The van der Waals surface area contributed by atoms with Gasteiger partial charge >= 0.3 is 6.03 Å². The molecular weight excluding hydrogens is 404 g/mol. The molecule has 1 aliphatic rings. The molecule has 3 heterocycles. The topological polar surface area (TPSA) is 95.6 Å². The summed E-state index contributed by atoms with van der Waals surface area (Å²) < 4.78 is 1.51. The fraction of sp³-hybridized carbons (Fsp3) is 0.167. The zero-order chi connectivity index (χ0) is 22.1. The second kappa shape index (κ2) is 8.13. The molecule has 0 unspecified atom stereocenters. The molecule has 0 radical (unpaired) electrons. The number of hydrogen-bond acceptors (Lipinski definition) is 5. The fourth-order valence-corrected chi connectivity index (χ4v) is 3.84. The minimum atomic E-state index is -0.318. The van der Waals surface area contributed by atoms with E-state index in [1.807, 2.05) is 67.6 Å². The molecule has 0 aliphatic carbocycles. The molecule has 1 fully saturated rings. The van der Waals surface area contributed by atoms with Gasteiger partial charge in [-0.15, -0.1) is 0 Å². The van der Waals surface area contributed by atoms with Gasteiger partial charge in [-0.25, -0.2) is 14.3 Å². The van der Waals surface area contributed by atoms with Crippen molar-refractivity contribution in [3.05, 3.63) is 83.7 Å². The fourth-order valence-electron chi connectivity index (χ4n) is 3.84. The molecule has 4 aromatic rings. The lowest BCUT2D eigenvalue weighted by atomic mass is 10.0. The van der Waals surface area contributed by atoms with Crippen molar-refractivity contribution in [2.75, 3.05) is 11.9 Å². The standard InChI is InChI=1S/C24H20N6O2/c1-16-7-8-18(20-9-10-23-26-15-19(14-25)29(23)28-20)13-21(16)27-24(31)30-22(11-12-32-30)17-5-3-2-4-6-17/h2-10,13,15,22H,11-12H2,1H3,(H,27,31)/t22-/m0/s1. The van der Waals surface area contributed by atoms with E-state index in [1.54, 1.807) is 0 Å². The molecule has 2 aromatic heterocycles. The molecule has 1 atom stereocenters. The van der Waals surface area contributed by atoms with Crippen LogP contribution in [-0.2, 0) is 4.84 Å². The number of nitrogens with zero attached hydrogens (tertiary/aromatic N) is 5. The van der Waals surface area contributed by atoms with Crippen LogP contribution in [0.1, 0.15) is 29.3 Å². The molecule has 32 heavy (non-hydrogen) atoms. The summed E-state index contributed by atoms with van der Waals surface area (Å²) in [4.78, 5) is 22.9. The monoisotopic (exact) mass is 424 g/mol. The highest BCUT2D eigenvalue weighted by Gasteiger charge is 2.32. The average molecular weight is 424 g/mol. The van der Waals surface area contributed by atoms with E-state index in [1.165, 1.54) is 15.8 Å². The minimum absolute atomic E-state index is 0.130. The van der Waals surface area contributed by atoms with Crippen molar-refractivity contribution in [1.82, 2.24) is 19.7 Å². The zero-order valence-electron chi connectivity index (χ0n) is 17.4. The summed E-state index contributed by atoms with van der Waals surface area (Å²) in [7, 11) is 0. The molecule has 158 valence electrons. The Balaban J connectivity index is 1.42. The zero-order valence-corrected chi connectivity index (χ0v) is 17.4. The number of hydroxylamine groups is 2. The van der Waals surface area contributed by atoms with Crippen LogP contribution in [0.4, 0.5) is 10.5 Å². The van der Waals surface area contributed by atoms with E-state index < -0.39 is 0 Å². The first-order valence-corrected chi connectivity index (χ1v) is 10.3. The Bertz CT molecular complexity index is 1340. The van der Waals surface area contributed by atoms with Gasteiger partial charge in [0.25, 0.3) is 0 Å². The summed E-state index contributed by atoms with van der Waals surface area (Å²) >= 11 is 0. The van der Waals surface area contributed by atoms with Crippen LogP contribution in [0.2, 0.25) is 0 Å². The summed E-state index contributed by atoms with van der Waals surface area (Å²) in [6.45, 7) is 2.42. The molecular formula is C24H20N6O2. The smallest absolute Gasteiger partial charge is 0.306 e. The molecule has 0 spiro atoms. The Morgan fingerprint density at radius 3 is 2.84 bits per heavy atom. The van der Waals surface area contributed by atoms with Gasteiger partial charge < -0.3 is 5.32 Å². The highest BCUT2D eigenvalue weighted by Crippen LogP contribution is 2.31. The van der Waals surface area contributed by atoms with Crippen LogP contribution < -0.4 is 5.32 Å². The summed E-state index contributed by atoms with van der Waals surface area (Å²) in [5.41, 5.74) is 5.07. The first-order valence-electron chi connectivity index (χ1n) is 10.3. The summed E-state index contributed by atoms with van der Waals surface area (Å²) in [5, 5.41) is 18.2. The Morgan fingerprint density at radius 2 is 2.03 bits per heavy atom. The summed E-state index contributed by atoms with van der Waals surface area (Å²) in [5.74, 6) is 0. The molecule has 0 bridgehead atoms. The molecule has 8 heteroatoms. The second-order valence-electron chi connectivity index (χ2n) is 7.58. The van der Waals surface area contributed by atoms with E-state index in [-0.39, 0.29) is 12.1 Å². The van der Waals surface area contributed by atoms with Gasteiger partial charge in [-0.2, -0.15) is 15.4 Å². The van der Waals surface area contributed by atoms with Crippen LogP contribution in [0.5, 0.6) is 0 Å². The Kier molecular flexibility index (Phi) is 5.01. The lowest BCUT2D eigenvalue weighted by molar-refractivity contribution is -0.0829. The van der Waals surface area contributed by atoms with Crippen molar-refractivity contribution in [2.45, 2.75) is 19.4 Å². The first kappa shape index (κ1) is 19.7. The number of carbonyl (C=O) groups excluding carboxylic acids is 1. The van der Waals surface area contributed by atoms with E-state index in [0.29, 0.717) is 29.3 Å². The molecule has 1 aliphatic heterocycles. The molecule has 5 rings (SSSR count). The van der Waals surface area contributed by atoms with Crippen LogP contribution >= 0.6 is 0 Å². The Morgan fingerprint density at radius 1 is 1.19 bits per heavy atom. The maximum atomic E-state index is 13.0. The number of anilines is 1. The van der Waals surface area contributed by atoms with Gasteiger partial charge in [0.1, 0.15) is 6.07 Å². The van der Waals surface area contributed by atoms with Crippen molar-refractivity contribution in [3.63, 3.8) is 0 Å². The predicted molar refractivity (Wildman–Crippen MR) is 118 cm³/mol. The molecule has 0 saturated carbocycles. The Hall–Kier alpha value is -4.22. The lowest BCUT2D eigenvalue weighted by Gasteiger charge is -2.23. The number of nitriles is 1. The minimum Gasteiger partial charge on any atom is -0.306 e. The van der Waals surface area contributed by atoms with E-state index >= 15 is 0 Å². The summed E-state index contributed by atoms with van der Waals surface area (Å²) in [6.07, 6.45) is 2.23. The van der Waals surface area contributed by atoms with Crippen LogP contribution in [0, 0.1) is 18.3 Å². The maximum Gasteiger partial charge on any atom is 0.346 e. The summed E-state index contributed by atoms with van der Waals surface area (Å²) in [6, 6.07) is 20.9. The first-order chi connectivity index (χ1) is 15.6. The quantitative estimate of drug-likeness (QED) is 0.523. The molecule has 2 aromatic carbocycles. The SMILES string of the molecule is Cc1ccc(-c2ccc3ncc(C#N)n3n2)cc1NC(=O)N1OCC[C@H]1c1ccccc1. The van der Waals surface area contributed by atoms with Crippen molar-refractivity contribution >= 4 is 17.4 Å². The number of fused-ring (bicyclic) bond motifs is 1. The number of nitrogens with one attached hydrogen (secondary N) is 1. The van der Waals surface area contributed by atoms with E-state index in [0.717, 1.165) is 23.1 Å². The van der Waals surface area contributed by atoms with Gasteiger partial charge in [-0.05, 0) is 36.2 Å². The molecule has 1 N–H and O–H groups in total. The van der Waals surface area contributed by atoms with Crippen LogP contribution in [0.3, 0.4) is 0 Å². The maximum absolute atomic E-state index is 13.0. The van der Waals surface area contributed by atoms with Gasteiger partial charge in [0.05, 0.1) is 24.5 Å². The van der Waals surface area contributed by atoms with Crippen molar-refractivity contribution in [2.24, 2.45) is 0 Å². The third-order valence-corrected chi connectivity index (χ3v) is 5.54. The van der Waals surface area contributed by atoms with Crippen LogP contribution in [-0.4, -0.2) is 32.3 Å². The van der Waals surface area contributed by atoms with E-state index in [2.05, 4.69) is 21.5 Å². The number of carbonyl (C=O) groups is 1. The van der Waals surface area contributed by atoms with E-state index in [4.69, 9.17) is 4.84 Å². The van der Waals surface area contributed by atoms with Crippen LogP contribution in [0.15, 0.2) is 66.9 Å². The number of hydrogen-bond donors (Lipinski definition) is 1. The van der Waals surface area contributed by atoms with Gasteiger partial charge in [-0.1, -0.05) is 42.5 Å². The second-order valence-corrected chi connectivity index (χ2v) is 7.58. The average Bonchev–Trinajstić information content (AvgIpc) is 3.48. The van der Waals surface area contributed by atoms with Crippen molar-refractivity contribution in [1.29, 1.82) is 5.26 Å². The van der Waals surface area contributed by atoms with Crippen LogP contribution in [0.25, 0.3) is 16.9 Å². The number of benzene rings is 2. The number of aryl methyl sites for hydroxylation is 1. The highest BCUT2D eigenvalue weighted by molar-refractivity contribution is 5.90. The van der Waals surface area contributed by atoms with E-state index in [9.17, 15) is 10.1 Å². The predicted octanol–water partition coefficient (Wildman–Crippen LogP) is 4.49. The normalized spacial score (nSPS) is 15.6. The molecule has 1 saturated heterocycles. The third kappa shape index (κ3) is 3.55. The molecule has 8 nitrogen and oxygen atoms in total. The third-order valence-electron chi connectivity index (χ3n) is 5.54. The number of imidazole rings is 1. The number of urea groups is 1. The van der Waals surface area contributed by atoms with Gasteiger partial charge in [-0.3, -0.25) is 4.84 Å². The van der Waals surface area contributed by atoms with Gasteiger partial charge in [0.2, 0.25) is 0 Å². The number of rotatable bonds is 3. The number of aromatic nitrogens is 3.